The van der Waals surface area contributed by atoms with E-state index in [2.05, 4.69) is 13.8 Å². The summed E-state index contributed by atoms with van der Waals surface area (Å²) in [5.74, 6) is -0.0764. The topological polar surface area (TPSA) is 38.7 Å². The van der Waals surface area contributed by atoms with Gasteiger partial charge in [-0.05, 0) is 12.3 Å². The smallest absolute Gasteiger partial charge is 0.171 e. The number of rotatable bonds is 1. The molecule has 0 unspecified atom stereocenters. The van der Waals surface area contributed by atoms with Gasteiger partial charge in [0.15, 0.2) is 5.79 Å². The third-order valence-corrected chi connectivity index (χ3v) is 2.97. The molecule has 2 fully saturated rings. The van der Waals surface area contributed by atoms with Crippen molar-refractivity contribution in [2.75, 3.05) is 6.61 Å². The molecule has 3 nitrogen and oxygen atoms in total. The van der Waals surface area contributed by atoms with Crippen LogP contribution in [0.5, 0.6) is 0 Å². The molecular weight excluding hydrogens is 168 g/mol. The summed E-state index contributed by atoms with van der Waals surface area (Å²) in [4.78, 5) is 0. The Hall–Kier alpha value is -0.120. The number of aliphatic hydroxyl groups is 1. The highest BCUT2D eigenvalue weighted by Crippen LogP contribution is 2.41. The van der Waals surface area contributed by atoms with E-state index in [0.29, 0.717) is 12.3 Å². The van der Waals surface area contributed by atoms with E-state index in [-0.39, 0.29) is 12.2 Å². The van der Waals surface area contributed by atoms with Crippen LogP contribution in [-0.4, -0.2) is 29.7 Å². The molecule has 2 aliphatic heterocycles. The molecule has 0 radical (unpaired) electrons. The Morgan fingerprint density at radius 2 is 2.23 bits per heavy atom. The largest absolute Gasteiger partial charge is 0.390 e. The predicted molar refractivity (Wildman–Crippen MR) is 48.3 cm³/mol. The maximum atomic E-state index is 9.78. The van der Waals surface area contributed by atoms with Gasteiger partial charge in [0.25, 0.3) is 0 Å². The molecule has 3 atom stereocenters. The minimum Gasteiger partial charge on any atom is -0.390 e. The summed E-state index contributed by atoms with van der Waals surface area (Å²) in [6.45, 7) is 4.92. The molecule has 0 aliphatic carbocycles. The van der Waals surface area contributed by atoms with Crippen molar-refractivity contribution in [2.24, 2.45) is 5.92 Å². The van der Waals surface area contributed by atoms with E-state index in [4.69, 9.17) is 9.47 Å². The fraction of sp³-hybridized carbons (Fsp3) is 1.00. The van der Waals surface area contributed by atoms with E-state index >= 15 is 0 Å². The van der Waals surface area contributed by atoms with Crippen molar-refractivity contribution in [3.63, 3.8) is 0 Å². The van der Waals surface area contributed by atoms with E-state index in [1.807, 2.05) is 0 Å². The number of aliphatic hydroxyl groups excluding tert-OH is 1. The zero-order chi connectivity index (χ0) is 9.47. The first-order valence-electron chi connectivity index (χ1n) is 5.13. The minimum absolute atomic E-state index is 0.0434. The van der Waals surface area contributed by atoms with Crippen LogP contribution in [0, 0.1) is 5.92 Å². The highest BCUT2D eigenvalue weighted by Gasteiger charge is 2.49. The van der Waals surface area contributed by atoms with E-state index in [1.54, 1.807) is 0 Å². The SMILES string of the molecule is CC(C)[C@@H]1O[C@@]2(CCCO2)C[C@@H]1O. The zero-order valence-corrected chi connectivity index (χ0v) is 8.32. The summed E-state index contributed by atoms with van der Waals surface area (Å²) in [5.41, 5.74) is 0. The van der Waals surface area contributed by atoms with Crippen LogP contribution in [0.15, 0.2) is 0 Å². The van der Waals surface area contributed by atoms with Gasteiger partial charge in [-0.3, -0.25) is 0 Å². The third kappa shape index (κ3) is 1.60. The molecule has 3 heteroatoms. The van der Waals surface area contributed by atoms with Gasteiger partial charge in [-0.15, -0.1) is 0 Å². The molecule has 2 saturated heterocycles. The van der Waals surface area contributed by atoms with E-state index in [1.165, 1.54) is 0 Å². The van der Waals surface area contributed by atoms with Gasteiger partial charge in [-0.25, -0.2) is 0 Å². The van der Waals surface area contributed by atoms with Gasteiger partial charge >= 0.3 is 0 Å². The first-order valence-corrected chi connectivity index (χ1v) is 5.13. The lowest BCUT2D eigenvalue weighted by molar-refractivity contribution is -0.205. The Bertz CT molecular complexity index is 185. The maximum Gasteiger partial charge on any atom is 0.171 e. The van der Waals surface area contributed by atoms with Gasteiger partial charge in [0, 0.05) is 12.8 Å². The lowest BCUT2D eigenvalue weighted by Crippen LogP contribution is -2.29. The molecule has 0 amide bonds. The van der Waals surface area contributed by atoms with Crippen LogP contribution in [-0.2, 0) is 9.47 Å². The lowest BCUT2D eigenvalue weighted by Gasteiger charge is -2.24. The standard InChI is InChI=1S/C10H18O3/c1-7(2)9-8(11)6-10(13-9)4-3-5-12-10/h7-9,11H,3-6H2,1-2H3/t8-,9-,10-/m0/s1. The second-order valence-electron chi connectivity index (χ2n) is 4.46. The summed E-state index contributed by atoms with van der Waals surface area (Å²) in [7, 11) is 0. The molecular formula is C10H18O3. The van der Waals surface area contributed by atoms with Crippen LogP contribution < -0.4 is 0 Å². The van der Waals surface area contributed by atoms with Crippen molar-refractivity contribution in [3.8, 4) is 0 Å². The first-order chi connectivity index (χ1) is 6.13. The zero-order valence-electron chi connectivity index (χ0n) is 8.32. The van der Waals surface area contributed by atoms with Crippen LogP contribution in [0.3, 0.4) is 0 Å². The van der Waals surface area contributed by atoms with Crippen molar-refractivity contribution in [1.29, 1.82) is 0 Å². The second kappa shape index (κ2) is 3.23. The molecule has 0 aromatic rings. The monoisotopic (exact) mass is 186 g/mol. The molecule has 2 heterocycles. The summed E-state index contributed by atoms with van der Waals surface area (Å²) in [6.07, 6.45) is 2.25. The normalized spacial score (nSPS) is 45.2. The fourth-order valence-corrected chi connectivity index (χ4v) is 2.32. The van der Waals surface area contributed by atoms with Crippen LogP contribution in [0.2, 0.25) is 0 Å². The van der Waals surface area contributed by atoms with E-state index < -0.39 is 5.79 Å². The van der Waals surface area contributed by atoms with Crippen molar-refractivity contribution in [3.05, 3.63) is 0 Å². The van der Waals surface area contributed by atoms with Crippen molar-refractivity contribution in [2.45, 2.75) is 51.1 Å². The summed E-state index contributed by atoms with van der Waals surface area (Å²) >= 11 is 0. The van der Waals surface area contributed by atoms with Crippen LogP contribution >= 0.6 is 0 Å². The molecule has 0 aromatic carbocycles. The minimum atomic E-state index is -0.436. The number of hydrogen-bond donors (Lipinski definition) is 1. The Morgan fingerprint density at radius 3 is 2.69 bits per heavy atom. The van der Waals surface area contributed by atoms with Crippen molar-refractivity contribution < 1.29 is 14.6 Å². The molecule has 13 heavy (non-hydrogen) atoms. The van der Waals surface area contributed by atoms with E-state index in [9.17, 15) is 5.11 Å². The third-order valence-electron chi connectivity index (χ3n) is 2.97. The van der Waals surface area contributed by atoms with Gasteiger partial charge in [0.2, 0.25) is 0 Å². The Kier molecular flexibility index (Phi) is 2.34. The van der Waals surface area contributed by atoms with Gasteiger partial charge in [0.05, 0.1) is 18.8 Å². The molecule has 0 bridgehead atoms. The van der Waals surface area contributed by atoms with Crippen molar-refractivity contribution in [1.82, 2.24) is 0 Å². The van der Waals surface area contributed by atoms with Crippen molar-refractivity contribution >= 4 is 0 Å². The maximum absolute atomic E-state index is 9.78. The average molecular weight is 186 g/mol. The highest BCUT2D eigenvalue weighted by atomic mass is 16.7. The van der Waals surface area contributed by atoms with E-state index in [0.717, 1.165) is 19.4 Å². The Labute approximate surface area is 79.0 Å². The average Bonchev–Trinajstić information content (AvgIpc) is 2.60. The Morgan fingerprint density at radius 1 is 1.46 bits per heavy atom. The fourth-order valence-electron chi connectivity index (χ4n) is 2.32. The van der Waals surface area contributed by atoms with Gasteiger partial charge in [0.1, 0.15) is 0 Å². The highest BCUT2D eigenvalue weighted by molar-refractivity contribution is 4.91. The summed E-state index contributed by atoms with van der Waals surface area (Å²) in [6, 6.07) is 0. The molecule has 2 rings (SSSR count). The van der Waals surface area contributed by atoms with Gasteiger partial charge < -0.3 is 14.6 Å². The number of ether oxygens (including phenoxy) is 2. The quantitative estimate of drug-likeness (QED) is 0.671. The van der Waals surface area contributed by atoms with Gasteiger partial charge in [-0.1, -0.05) is 13.8 Å². The summed E-state index contributed by atoms with van der Waals surface area (Å²) in [5, 5.41) is 9.78. The molecule has 1 spiro atoms. The molecule has 0 aromatic heterocycles. The predicted octanol–water partition coefficient (Wildman–Crippen LogP) is 1.30. The first kappa shape index (κ1) is 9.44. The van der Waals surface area contributed by atoms with Gasteiger partial charge in [-0.2, -0.15) is 0 Å². The van der Waals surface area contributed by atoms with Crippen LogP contribution in [0.25, 0.3) is 0 Å². The molecule has 2 aliphatic rings. The summed E-state index contributed by atoms with van der Waals surface area (Å²) < 4.78 is 11.4. The van der Waals surface area contributed by atoms with Crippen LogP contribution in [0.4, 0.5) is 0 Å². The molecule has 76 valence electrons. The number of hydrogen-bond acceptors (Lipinski definition) is 3. The molecule has 1 N–H and O–H groups in total. The van der Waals surface area contributed by atoms with Crippen LogP contribution in [0.1, 0.15) is 33.1 Å². The Balaban J connectivity index is 2.05. The second-order valence-corrected chi connectivity index (χ2v) is 4.46. The lowest BCUT2D eigenvalue weighted by atomic mass is 10.00. The molecule has 0 saturated carbocycles.